The first kappa shape index (κ1) is 110. The summed E-state index contributed by atoms with van der Waals surface area (Å²) in [5.41, 5.74) is 9.95. The number of fused-ring (bicyclic) bond motifs is 5. The van der Waals surface area contributed by atoms with Crippen LogP contribution in [0.2, 0.25) is 0 Å². The van der Waals surface area contributed by atoms with E-state index >= 15 is 0 Å². The lowest BCUT2D eigenvalue weighted by atomic mass is 10.1. The first-order valence-electron chi connectivity index (χ1n) is 45.4. The lowest BCUT2D eigenvalue weighted by Crippen LogP contribution is -2.47. The molecular formula is C100H116Cl2F3IN22O14. The van der Waals surface area contributed by atoms with E-state index in [4.69, 9.17) is 42.1 Å². The molecule has 0 saturated heterocycles. The molecule has 8 amide bonds. The molecule has 13 heterocycles. The maximum atomic E-state index is 12.9. The van der Waals surface area contributed by atoms with Gasteiger partial charge in [-0.2, -0.15) is 30.6 Å². The monoisotopic (exact) mass is 2100 g/mol. The number of carbonyl (C=O) groups excluding carboxylic acids is 10. The number of carbonyl (C=O) groups is 10. The Morgan fingerprint density at radius 2 is 1.10 bits per heavy atom. The van der Waals surface area contributed by atoms with Gasteiger partial charge in [0.15, 0.2) is 23.7 Å². The predicted octanol–water partition coefficient (Wildman–Crippen LogP) is 16.0. The average molecular weight is 2100 g/mol. The second-order valence-corrected chi connectivity index (χ2v) is 37.6. The van der Waals surface area contributed by atoms with E-state index in [-0.39, 0.29) is 83.1 Å². The van der Waals surface area contributed by atoms with Crippen molar-refractivity contribution in [2.75, 3.05) is 35.7 Å². The first-order chi connectivity index (χ1) is 67.7. The van der Waals surface area contributed by atoms with Crippen molar-refractivity contribution in [2.24, 2.45) is 9.98 Å². The first-order valence-corrected chi connectivity index (χ1v) is 47.4. The van der Waals surface area contributed by atoms with Gasteiger partial charge in [-0.05, 0) is 181 Å². The minimum atomic E-state index is -1.60. The number of aldehydes is 1. The lowest BCUT2D eigenvalue weighted by Gasteiger charge is -2.36. The van der Waals surface area contributed by atoms with Gasteiger partial charge in [-0.1, -0.05) is 122 Å². The van der Waals surface area contributed by atoms with Gasteiger partial charge in [-0.25, -0.2) is 32.3 Å². The molecule has 752 valence electrons. The number of hydrogen-bond donors (Lipinski definition) is 3. The number of nitrogens with one attached hydrogen (secondary N) is 3. The molecule has 3 N–H and O–H groups in total. The zero-order valence-corrected chi connectivity index (χ0v) is 84.6. The van der Waals surface area contributed by atoms with Crippen LogP contribution >= 0.6 is 45.8 Å². The van der Waals surface area contributed by atoms with Gasteiger partial charge in [0, 0.05) is 75.7 Å². The third kappa shape index (κ3) is 34.8. The maximum absolute atomic E-state index is 12.9. The van der Waals surface area contributed by atoms with Gasteiger partial charge in [0.2, 0.25) is 28.9 Å². The molecule has 5 aromatic carbocycles. The quantitative estimate of drug-likeness (QED) is 0.0202. The largest absolute Gasteiger partial charge is 0.444 e. The summed E-state index contributed by atoms with van der Waals surface area (Å²) in [6.45, 7) is 31.5. The number of halogens is 6. The predicted molar refractivity (Wildman–Crippen MR) is 536 cm³/mol. The summed E-state index contributed by atoms with van der Waals surface area (Å²) in [7, 11) is 0. The van der Waals surface area contributed by atoms with E-state index in [2.05, 4.69) is 78.9 Å². The third-order valence-corrected chi connectivity index (χ3v) is 22.5. The molecule has 0 bridgehead atoms. The summed E-state index contributed by atoms with van der Waals surface area (Å²) in [5, 5.41) is 32.3. The number of allylic oxidation sites excluding steroid dienone is 2. The van der Waals surface area contributed by atoms with Crippen molar-refractivity contribution < 1.29 is 80.1 Å². The molecule has 142 heavy (non-hydrogen) atoms. The molecule has 18 rings (SSSR count). The summed E-state index contributed by atoms with van der Waals surface area (Å²) < 4.78 is 69.9. The fraction of sp³-hybridized carbons (Fsp3) is 0.360. The standard InChI is InChI=1S/C18H24N6O3.C16H21N3O2.C14H15ClN2O.C13H8F3NO2.C13H13N3O.C12H18IN3O2.C6H7N3O.C5H5NO.C3H5ClO/c1-12-8-24-15(10-21(12)17(26)27-18(2,3)4)14(7-20-24)22-9-13-5-6-19-23(13)11-16(22)25;1-16(2,3)21-15(20)19(12-14-9-10-17-18-14)11-13-7-5-4-6-8-13;15-8-14(18)17(11-13-6-7-16-9-13)10-12-4-2-1-3-5-12;14-10-6-8(7-11(15)12(10)16)17-13(18)19-9-4-2-1-3-5-9;17-13-10-16-12(6-7-14-16)9-15(13)8-11-4-2-1-3-5-11;1-8-6-16-10(9(13)5-14-16)7-15(8)11(17)18-12(2,3)4;10-6-4-9-5(3-7-6)1-2-8-9;7-4-5-2-1-3-6-5;1-2-3(4)5/h5-7,12H,8-11H2,1-4H3;4-10H,11-12H2,1-3H3,(H,17,18);1-7H,8-11H2;1-7H,(H,17,18);1-7H,8-10H2;5,8H,6-7H2,1-4H3;1-2H,3-4H2,(H,7,10);1-2,4H,3H2;2H2,1H3/t12-;;;;;8-;;;/m0....0.../s1. The van der Waals surface area contributed by atoms with E-state index in [0.29, 0.717) is 122 Å². The molecule has 11 aromatic rings. The number of hydrogen-bond acceptors (Lipinski definition) is 22. The van der Waals surface area contributed by atoms with Crippen molar-refractivity contribution in [2.45, 2.75) is 210 Å². The normalized spacial score (nSPS) is 15.0. The molecule has 0 saturated carbocycles. The van der Waals surface area contributed by atoms with Crippen LogP contribution in [0.4, 0.5) is 43.7 Å². The van der Waals surface area contributed by atoms with Gasteiger partial charge in [-0.3, -0.25) is 87.3 Å². The SMILES string of the molecule is CC(C)(C)OC(=O)N(Cc1ccccc1)Cc1ccn[nH]1.CCC(=O)Cl.C[C@H]1Cn2ncc(I)c2CN1C(=O)OC(C)(C)C.C[C@H]1Cn2ncc(N3Cc4ccnn4CC3=O)c2CN1C(=O)OC(C)(C)C.O=C(CCl)N(CC1=CC=NC1)Cc1ccccc1.O=C(Nc1cc(F)c(F)c(F)c1)Oc1ccccc1.O=C1Cn2nccc2CN1.O=C1Cn2nccc2CN1Cc1ccccc1.O=CC1=NCC=C1. The number of anilines is 2. The smallest absolute Gasteiger partial charge is 0.417 e. The molecule has 0 spiro atoms. The number of amides is 8. The Hall–Kier alpha value is -14.4. The number of nitrogens with zero attached hydrogens (tertiary/aromatic N) is 19. The molecule has 36 nitrogen and oxygen atoms in total. The van der Waals surface area contributed by atoms with Gasteiger partial charge in [0.1, 0.15) is 48.1 Å². The molecule has 0 fully saturated rings. The molecule has 42 heteroatoms. The number of alkyl halides is 1. The molecule has 7 aliphatic heterocycles. The number of rotatable bonds is 16. The number of aliphatic imine (C=N–C) groups is 2. The zero-order chi connectivity index (χ0) is 103. The second kappa shape index (κ2) is 52.7. The highest BCUT2D eigenvalue weighted by Gasteiger charge is 2.37. The Morgan fingerprint density at radius 1 is 0.585 bits per heavy atom. The van der Waals surface area contributed by atoms with Gasteiger partial charge in [-0.15, -0.1) is 11.6 Å². The van der Waals surface area contributed by atoms with E-state index in [1.807, 2.05) is 224 Å². The topological polar surface area (TPSA) is 394 Å². The highest BCUT2D eigenvalue weighted by molar-refractivity contribution is 14.1. The van der Waals surface area contributed by atoms with Crippen LogP contribution in [-0.2, 0) is 135 Å². The Kier molecular flexibility index (Phi) is 40.7. The molecule has 2 atom stereocenters. The van der Waals surface area contributed by atoms with Crippen molar-refractivity contribution in [1.29, 1.82) is 0 Å². The summed E-state index contributed by atoms with van der Waals surface area (Å²) in [6, 6.07) is 46.9. The molecular weight excluding hydrogens is 1990 g/mol. The molecule has 7 aliphatic rings. The minimum absolute atomic E-state index is 0.0149. The number of H-pyrrole nitrogens is 1. The maximum Gasteiger partial charge on any atom is 0.417 e. The zero-order valence-electron chi connectivity index (χ0n) is 80.9. The Bertz CT molecular complexity index is 6170. The number of ether oxygens (including phenoxy) is 4. The van der Waals surface area contributed by atoms with Crippen molar-refractivity contribution in [3.63, 3.8) is 0 Å². The second-order valence-electron chi connectivity index (χ2n) is 35.8. The Morgan fingerprint density at radius 3 is 1.61 bits per heavy atom. The summed E-state index contributed by atoms with van der Waals surface area (Å²) >= 11 is 12.7. The summed E-state index contributed by atoms with van der Waals surface area (Å²) in [4.78, 5) is 133. The van der Waals surface area contributed by atoms with Crippen LogP contribution in [0.25, 0.3) is 0 Å². The van der Waals surface area contributed by atoms with Crippen LogP contribution in [0.15, 0.2) is 229 Å². The Balaban J connectivity index is 0.000000169. The fourth-order valence-electron chi connectivity index (χ4n) is 14.1. The molecule has 0 aliphatic carbocycles. The van der Waals surface area contributed by atoms with E-state index in [1.165, 1.54) is 12.1 Å². The molecule has 0 radical (unpaired) electrons. The van der Waals surface area contributed by atoms with Crippen LogP contribution in [0, 0.1) is 21.0 Å². The summed E-state index contributed by atoms with van der Waals surface area (Å²) in [6.07, 6.45) is 17.0. The van der Waals surface area contributed by atoms with E-state index < -0.39 is 40.3 Å². The minimum Gasteiger partial charge on any atom is -0.444 e. The lowest BCUT2D eigenvalue weighted by molar-refractivity contribution is -0.135. The van der Waals surface area contributed by atoms with E-state index in [0.717, 1.165) is 78.5 Å². The van der Waals surface area contributed by atoms with E-state index in [1.54, 1.807) is 107 Å². The van der Waals surface area contributed by atoms with Crippen LogP contribution < -0.4 is 20.3 Å². The fourth-order valence-corrected chi connectivity index (χ4v) is 14.9. The van der Waals surface area contributed by atoms with Crippen molar-refractivity contribution >= 4 is 129 Å². The van der Waals surface area contributed by atoms with Crippen molar-refractivity contribution in [3.05, 3.63) is 291 Å². The highest BCUT2D eigenvalue weighted by atomic mass is 127. The van der Waals surface area contributed by atoms with Crippen molar-refractivity contribution in [3.8, 4) is 5.75 Å². The average Bonchev–Trinajstić information content (AvgIpc) is 1.61. The van der Waals surface area contributed by atoms with Crippen LogP contribution in [0.1, 0.15) is 140 Å². The molecule has 0 unspecified atom stereocenters. The van der Waals surface area contributed by atoms with Gasteiger partial charge >= 0.3 is 24.4 Å². The number of para-hydroxylation sites is 1. The van der Waals surface area contributed by atoms with Gasteiger partial charge in [0.05, 0.1) is 145 Å². The number of aromatic nitrogens is 12. The molecule has 6 aromatic heterocycles. The van der Waals surface area contributed by atoms with Crippen LogP contribution in [-0.4, -0.2) is 209 Å². The third-order valence-electron chi connectivity index (χ3n) is 21.1. The highest BCUT2D eigenvalue weighted by Crippen LogP contribution is 2.32. The number of benzene rings is 5. The van der Waals surface area contributed by atoms with Gasteiger partial charge < -0.3 is 39.0 Å². The number of aromatic amines is 1. The summed E-state index contributed by atoms with van der Waals surface area (Å²) in [5.74, 6) is -4.02. The van der Waals surface area contributed by atoms with E-state index in [9.17, 15) is 61.1 Å². The van der Waals surface area contributed by atoms with Gasteiger partial charge in [0.25, 0.3) is 0 Å². The van der Waals surface area contributed by atoms with Crippen molar-refractivity contribution in [1.82, 2.24) is 88.9 Å². The van der Waals surface area contributed by atoms with Crippen LogP contribution in [0.3, 0.4) is 0 Å². The Labute approximate surface area is 844 Å². The van der Waals surface area contributed by atoms with Crippen LogP contribution in [0.5, 0.6) is 5.75 Å².